The van der Waals surface area contributed by atoms with Gasteiger partial charge in [0.2, 0.25) is 0 Å². The van der Waals surface area contributed by atoms with Crippen molar-refractivity contribution in [1.82, 2.24) is 0 Å². The first-order valence-electron chi connectivity index (χ1n) is 5.30. The number of halogens is 2. The van der Waals surface area contributed by atoms with Crippen LogP contribution in [0.1, 0.15) is 52.4 Å². The Hall–Kier alpha value is 1.75. The Morgan fingerprint density at radius 1 is 0.769 bits per heavy atom. The third kappa shape index (κ3) is 10.0. The van der Waals surface area contributed by atoms with Crippen LogP contribution in [0.25, 0.3) is 0 Å². The summed E-state index contributed by atoms with van der Waals surface area (Å²) in [5, 5.41) is 0. The molecule has 0 saturated heterocycles. The summed E-state index contributed by atoms with van der Waals surface area (Å²) in [5.74, 6) is 0. The van der Waals surface area contributed by atoms with Gasteiger partial charge in [0, 0.05) is 0 Å². The van der Waals surface area contributed by atoms with Crippen LogP contribution in [0.4, 0.5) is 0 Å². The SMILES string of the molecule is CCCCC[Te](Br)(Br)CCCCC. The van der Waals surface area contributed by atoms with E-state index in [-0.39, 0.29) is 0 Å². The van der Waals surface area contributed by atoms with Gasteiger partial charge in [-0.3, -0.25) is 0 Å². The van der Waals surface area contributed by atoms with Gasteiger partial charge in [0.05, 0.1) is 0 Å². The first-order valence-corrected chi connectivity index (χ1v) is 19.0. The van der Waals surface area contributed by atoms with Gasteiger partial charge in [0.25, 0.3) is 0 Å². The Labute approximate surface area is 99.6 Å². The van der Waals surface area contributed by atoms with E-state index in [1.54, 1.807) is 0 Å². The molecule has 0 aromatic carbocycles. The van der Waals surface area contributed by atoms with E-state index in [1.807, 2.05) is 0 Å². The molecular formula is C10H22Br2Te. The summed E-state index contributed by atoms with van der Waals surface area (Å²) < 4.78 is 2.89. The van der Waals surface area contributed by atoms with Gasteiger partial charge in [-0.1, -0.05) is 0 Å². The molecule has 0 atom stereocenters. The van der Waals surface area contributed by atoms with E-state index in [1.165, 1.54) is 47.5 Å². The van der Waals surface area contributed by atoms with E-state index >= 15 is 0 Å². The molecule has 0 aliphatic rings. The number of rotatable bonds is 8. The number of hydrogen-bond acceptors (Lipinski definition) is 0. The second kappa shape index (κ2) is 9.01. The molecule has 13 heavy (non-hydrogen) atoms. The Balaban J connectivity index is 3.42. The summed E-state index contributed by atoms with van der Waals surface area (Å²) in [4.78, 5) is 0. The van der Waals surface area contributed by atoms with Gasteiger partial charge in [-0.05, 0) is 0 Å². The van der Waals surface area contributed by atoms with Gasteiger partial charge in [-0.25, -0.2) is 0 Å². The van der Waals surface area contributed by atoms with Crippen molar-refractivity contribution < 1.29 is 0 Å². The Bertz CT molecular complexity index is 103. The van der Waals surface area contributed by atoms with Crippen molar-refractivity contribution in [2.75, 3.05) is 0 Å². The minimum atomic E-state index is -1.66. The van der Waals surface area contributed by atoms with Crippen molar-refractivity contribution in [3.8, 4) is 0 Å². The van der Waals surface area contributed by atoms with Gasteiger partial charge in [0.1, 0.15) is 0 Å². The second-order valence-electron chi connectivity index (χ2n) is 3.52. The van der Waals surface area contributed by atoms with E-state index < -0.39 is 13.8 Å². The standard InChI is InChI=1S/C10H22Br2Te/c1-3-5-7-9-13(11,12)10-8-6-4-2/h3-10H2,1-2H3. The molecule has 0 aromatic rings. The molecule has 0 N–H and O–H groups in total. The first kappa shape index (κ1) is 14.7. The topological polar surface area (TPSA) is 0 Å². The fourth-order valence-corrected chi connectivity index (χ4v) is 11.5. The monoisotopic (exact) mass is 430 g/mol. The third-order valence-electron chi connectivity index (χ3n) is 2.09. The van der Waals surface area contributed by atoms with Crippen LogP contribution in [0.3, 0.4) is 0 Å². The van der Waals surface area contributed by atoms with Crippen LogP contribution in [0.5, 0.6) is 0 Å². The van der Waals surface area contributed by atoms with Crippen molar-refractivity contribution in [2.45, 2.75) is 61.3 Å². The van der Waals surface area contributed by atoms with Crippen LogP contribution in [0, 0.1) is 0 Å². The zero-order valence-corrected chi connectivity index (χ0v) is 14.3. The van der Waals surface area contributed by atoms with Crippen molar-refractivity contribution >= 4 is 39.3 Å². The van der Waals surface area contributed by atoms with Gasteiger partial charge >= 0.3 is 101 Å². The molecule has 0 radical (unpaired) electrons. The average Bonchev–Trinajstić information content (AvgIpc) is 2.05. The van der Waals surface area contributed by atoms with E-state index in [0.29, 0.717) is 0 Å². The molecule has 3 heteroatoms. The minimum absolute atomic E-state index is 1.34. The second-order valence-corrected chi connectivity index (χ2v) is 32.3. The summed E-state index contributed by atoms with van der Waals surface area (Å²) in [6, 6.07) is 0. The van der Waals surface area contributed by atoms with Gasteiger partial charge in [-0.15, -0.1) is 0 Å². The first-order chi connectivity index (χ1) is 6.12. The van der Waals surface area contributed by atoms with Crippen LogP contribution >= 0.6 is 25.5 Å². The summed E-state index contributed by atoms with van der Waals surface area (Å²) in [6.07, 6.45) is 8.32. The molecule has 0 spiro atoms. The Morgan fingerprint density at radius 3 is 1.46 bits per heavy atom. The maximum absolute atomic E-state index is 3.95. The zero-order valence-electron chi connectivity index (χ0n) is 8.82. The van der Waals surface area contributed by atoms with Crippen LogP contribution < -0.4 is 0 Å². The third-order valence-corrected chi connectivity index (χ3v) is 15.8. The molecule has 0 aromatic heterocycles. The van der Waals surface area contributed by atoms with Crippen molar-refractivity contribution in [3.63, 3.8) is 0 Å². The summed E-state index contributed by atoms with van der Waals surface area (Å²) in [5.41, 5.74) is 0. The summed E-state index contributed by atoms with van der Waals surface area (Å²) in [7, 11) is 0. The van der Waals surface area contributed by atoms with E-state index in [2.05, 4.69) is 39.4 Å². The fraction of sp³-hybridized carbons (Fsp3) is 1.00. The summed E-state index contributed by atoms with van der Waals surface area (Å²) >= 11 is 6.24. The molecule has 0 saturated carbocycles. The Morgan fingerprint density at radius 2 is 1.15 bits per heavy atom. The van der Waals surface area contributed by atoms with E-state index in [9.17, 15) is 0 Å². The van der Waals surface area contributed by atoms with Gasteiger partial charge in [-0.2, -0.15) is 0 Å². The van der Waals surface area contributed by atoms with E-state index in [0.717, 1.165) is 0 Å². The summed E-state index contributed by atoms with van der Waals surface area (Å²) in [6.45, 7) is 4.54. The van der Waals surface area contributed by atoms with Crippen molar-refractivity contribution in [1.29, 1.82) is 0 Å². The predicted octanol–water partition coefficient (Wildman–Crippen LogP) is 5.60. The van der Waals surface area contributed by atoms with E-state index in [4.69, 9.17) is 0 Å². The molecule has 0 unspecified atom stereocenters. The molecule has 0 aliphatic carbocycles. The van der Waals surface area contributed by atoms with Crippen LogP contribution in [0.15, 0.2) is 0 Å². The van der Waals surface area contributed by atoms with Crippen molar-refractivity contribution in [2.24, 2.45) is 0 Å². The molecule has 0 bridgehead atoms. The van der Waals surface area contributed by atoms with Gasteiger partial charge in [0.15, 0.2) is 0 Å². The maximum atomic E-state index is 3.95. The molecule has 0 nitrogen and oxygen atoms in total. The van der Waals surface area contributed by atoms with Gasteiger partial charge < -0.3 is 0 Å². The van der Waals surface area contributed by atoms with Crippen LogP contribution in [-0.4, -0.2) is 13.8 Å². The quantitative estimate of drug-likeness (QED) is 0.348. The molecule has 0 aliphatic heterocycles. The molecule has 0 fully saturated rings. The molecule has 0 heterocycles. The molecule has 82 valence electrons. The van der Waals surface area contributed by atoms with Crippen LogP contribution in [-0.2, 0) is 0 Å². The normalized spacial score (nSPS) is 13.2. The predicted molar refractivity (Wildman–Crippen MR) is 72.3 cm³/mol. The van der Waals surface area contributed by atoms with Crippen LogP contribution in [0.2, 0.25) is 8.94 Å². The van der Waals surface area contributed by atoms with Crippen molar-refractivity contribution in [3.05, 3.63) is 0 Å². The number of hydrogen-bond donors (Lipinski definition) is 0. The zero-order chi connectivity index (χ0) is 10.2. The molecular weight excluding hydrogens is 408 g/mol. The Kier molecular flexibility index (Phi) is 10.2. The molecule has 0 amide bonds. The molecule has 0 rings (SSSR count). The number of unbranched alkanes of at least 4 members (excludes halogenated alkanes) is 4. The fourth-order valence-electron chi connectivity index (χ4n) is 1.23. The average molecular weight is 430 g/mol.